The van der Waals surface area contributed by atoms with Crippen LogP contribution in [0.5, 0.6) is 0 Å². The molecular formula is C13H20BrNOS. The van der Waals surface area contributed by atoms with Crippen molar-refractivity contribution in [3.63, 3.8) is 0 Å². The van der Waals surface area contributed by atoms with E-state index < -0.39 is 0 Å². The van der Waals surface area contributed by atoms with Crippen LogP contribution < -0.4 is 0 Å². The van der Waals surface area contributed by atoms with Gasteiger partial charge in [0, 0.05) is 21.2 Å². The van der Waals surface area contributed by atoms with Crippen molar-refractivity contribution in [1.29, 1.82) is 0 Å². The first-order valence-electron chi connectivity index (χ1n) is 5.93. The number of nitrogens with zero attached hydrogens (tertiary/aromatic N) is 1. The van der Waals surface area contributed by atoms with Crippen LogP contribution in [0.1, 0.15) is 32.6 Å². The molecule has 0 spiro atoms. The molecule has 0 saturated carbocycles. The van der Waals surface area contributed by atoms with E-state index in [9.17, 15) is 4.79 Å². The molecule has 0 N–H and O–H groups in total. The molecule has 0 amide bonds. The van der Waals surface area contributed by atoms with E-state index in [1.807, 2.05) is 25.3 Å². The van der Waals surface area contributed by atoms with Crippen LogP contribution in [0.3, 0.4) is 0 Å². The van der Waals surface area contributed by atoms with Gasteiger partial charge in [0.25, 0.3) is 0 Å². The Morgan fingerprint density at radius 3 is 2.41 bits per heavy atom. The van der Waals surface area contributed by atoms with Gasteiger partial charge in [-0.1, -0.05) is 13.8 Å². The van der Waals surface area contributed by atoms with E-state index >= 15 is 0 Å². The van der Waals surface area contributed by atoms with Crippen LogP contribution in [0.25, 0.3) is 0 Å². The smallest absolute Gasteiger partial charge is 0.157 e. The van der Waals surface area contributed by atoms with Crippen molar-refractivity contribution in [2.75, 3.05) is 13.1 Å². The number of likely N-dealkylation sites (N-methyl/N-ethyl adjacent to an activating group) is 1. The Hall–Kier alpha value is -0.190. The quantitative estimate of drug-likeness (QED) is 0.796. The summed E-state index contributed by atoms with van der Waals surface area (Å²) in [4.78, 5) is 15.7. The van der Waals surface area contributed by atoms with Gasteiger partial charge in [-0.2, -0.15) is 0 Å². The van der Waals surface area contributed by atoms with Gasteiger partial charge in [0.15, 0.2) is 5.78 Å². The maximum atomic E-state index is 12.4. The van der Waals surface area contributed by atoms with Gasteiger partial charge in [0.05, 0.1) is 5.54 Å². The fourth-order valence-corrected chi connectivity index (χ4v) is 3.46. The van der Waals surface area contributed by atoms with E-state index in [0.29, 0.717) is 6.42 Å². The number of carbonyl (C=O) groups is 1. The molecule has 0 bridgehead atoms. The highest BCUT2D eigenvalue weighted by Crippen LogP contribution is 2.23. The maximum Gasteiger partial charge on any atom is 0.157 e. The van der Waals surface area contributed by atoms with Crippen LogP contribution in [-0.4, -0.2) is 29.3 Å². The molecule has 1 aromatic heterocycles. The van der Waals surface area contributed by atoms with E-state index in [1.165, 1.54) is 0 Å². The predicted octanol–water partition coefficient (Wildman–Crippen LogP) is 3.74. The standard InChI is InChI=1S/C13H20BrNOS/c1-5-15(6-2)13(3,4)12(16)8-11-7-10(14)9-17-11/h7,9H,5-6,8H2,1-4H3. The molecule has 0 aromatic carbocycles. The zero-order chi connectivity index (χ0) is 13.1. The lowest BCUT2D eigenvalue weighted by Gasteiger charge is -2.35. The molecule has 0 aliphatic carbocycles. The number of ketones is 1. The molecule has 2 nitrogen and oxygen atoms in total. The fourth-order valence-electron chi connectivity index (χ4n) is 2.01. The van der Waals surface area contributed by atoms with Crippen molar-refractivity contribution in [2.45, 2.75) is 39.7 Å². The number of hydrogen-bond donors (Lipinski definition) is 0. The van der Waals surface area contributed by atoms with Crippen molar-refractivity contribution < 1.29 is 4.79 Å². The Bertz CT molecular complexity index is 383. The van der Waals surface area contributed by atoms with Crippen LogP contribution in [0.2, 0.25) is 0 Å². The highest BCUT2D eigenvalue weighted by molar-refractivity contribution is 9.10. The molecular weight excluding hydrogens is 298 g/mol. The molecule has 0 saturated heterocycles. The summed E-state index contributed by atoms with van der Waals surface area (Å²) in [5.74, 6) is 0.288. The average Bonchev–Trinajstić information content (AvgIpc) is 2.65. The van der Waals surface area contributed by atoms with E-state index in [0.717, 1.165) is 22.4 Å². The van der Waals surface area contributed by atoms with Crippen molar-refractivity contribution in [3.8, 4) is 0 Å². The Morgan fingerprint density at radius 1 is 1.41 bits per heavy atom. The van der Waals surface area contributed by atoms with Crippen LogP contribution in [0.15, 0.2) is 15.9 Å². The molecule has 17 heavy (non-hydrogen) atoms. The molecule has 0 fully saturated rings. The summed E-state index contributed by atoms with van der Waals surface area (Å²) in [6.07, 6.45) is 0.528. The van der Waals surface area contributed by atoms with Crippen molar-refractivity contribution in [3.05, 3.63) is 20.8 Å². The summed E-state index contributed by atoms with van der Waals surface area (Å²) in [6, 6.07) is 2.03. The van der Waals surface area contributed by atoms with E-state index in [1.54, 1.807) is 11.3 Å². The van der Waals surface area contributed by atoms with Crippen molar-refractivity contribution in [1.82, 2.24) is 4.90 Å². The lowest BCUT2D eigenvalue weighted by molar-refractivity contribution is -0.128. The molecule has 1 heterocycles. The van der Waals surface area contributed by atoms with E-state index in [-0.39, 0.29) is 11.3 Å². The number of thiophene rings is 1. The SMILES string of the molecule is CCN(CC)C(C)(C)C(=O)Cc1cc(Br)cs1. The monoisotopic (exact) mass is 317 g/mol. The average molecular weight is 318 g/mol. The molecule has 1 rings (SSSR count). The molecule has 1 aromatic rings. The summed E-state index contributed by atoms with van der Waals surface area (Å²) < 4.78 is 1.06. The lowest BCUT2D eigenvalue weighted by Crippen LogP contribution is -2.50. The highest BCUT2D eigenvalue weighted by atomic mass is 79.9. The third-order valence-electron chi connectivity index (χ3n) is 3.19. The predicted molar refractivity (Wildman–Crippen MR) is 77.7 cm³/mol. The minimum absolute atomic E-state index is 0.288. The zero-order valence-electron chi connectivity index (χ0n) is 10.9. The molecule has 0 aliphatic heterocycles. The van der Waals surface area contributed by atoms with Gasteiger partial charge in [0.1, 0.15) is 0 Å². The molecule has 96 valence electrons. The first kappa shape index (κ1) is 14.9. The zero-order valence-corrected chi connectivity index (χ0v) is 13.3. The van der Waals surface area contributed by atoms with Gasteiger partial charge in [-0.15, -0.1) is 11.3 Å². The van der Waals surface area contributed by atoms with Gasteiger partial charge in [0.2, 0.25) is 0 Å². The second-order valence-corrected chi connectivity index (χ2v) is 6.47. The topological polar surface area (TPSA) is 20.3 Å². The van der Waals surface area contributed by atoms with Crippen molar-refractivity contribution in [2.24, 2.45) is 0 Å². The van der Waals surface area contributed by atoms with Crippen LogP contribution in [0.4, 0.5) is 0 Å². The summed E-state index contributed by atoms with van der Waals surface area (Å²) in [6.45, 7) is 10.0. The van der Waals surface area contributed by atoms with Crippen LogP contribution >= 0.6 is 27.3 Å². The first-order valence-corrected chi connectivity index (χ1v) is 7.60. The molecule has 0 unspecified atom stereocenters. The summed E-state index contributed by atoms with van der Waals surface area (Å²) in [5.41, 5.74) is -0.375. The second kappa shape index (κ2) is 6.12. The second-order valence-electron chi connectivity index (χ2n) is 4.56. The Morgan fingerprint density at radius 2 is 2.00 bits per heavy atom. The first-order chi connectivity index (χ1) is 7.91. The number of Topliss-reactive ketones (excluding diaryl/α,β-unsaturated/α-hetero) is 1. The van der Waals surface area contributed by atoms with Gasteiger partial charge < -0.3 is 0 Å². The van der Waals surface area contributed by atoms with Gasteiger partial charge in [-0.3, -0.25) is 9.69 Å². The van der Waals surface area contributed by atoms with Gasteiger partial charge >= 0.3 is 0 Å². The molecule has 0 atom stereocenters. The van der Waals surface area contributed by atoms with Gasteiger partial charge in [-0.25, -0.2) is 0 Å². The minimum Gasteiger partial charge on any atom is -0.297 e. The third kappa shape index (κ3) is 3.63. The number of hydrogen-bond acceptors (Lipinski definition) is 3. The largest absolute Gasteiger partial charge is 0.297 e. The maximum absolute atomic E-state index is 12.4. The molecule has 0 aliphatic rings. The Kier molecular flexibility index (Phi) is 5.35. The highest BCUT2D eigenvalue weighted by Gasteiger charge is 2.32. The number of halogens is 1. The minimum atomic E-state index is -0.375. The summed E-state index contributed by atoms with van der Waals surface area (Å²) in [5, 5.41) is 2.02. The lowest BCUT2D eigenvalue weighted by atomic mass is 9.94. The molecule has 4 heteroatoms. The summed E-state index contributed by atoms with van der Waals surface area (Å²) >= 11 is 5.05. The van der Waals surface area contributed by atoms with Gasteiger partial charge in [-0.05, 0) is 48.9 Å². The van der Waals surface area contributed by atoms with Crippen LogP contribution in [0, 0.1) is 0 Å². The number of rotatable bonds is 6. The Balaban J connectivity index is 2.75. The Labute approximate surface area is 116 Å². The molecule has 0 radical (unpaired) electrons. The fraction of sp³-hybridized carbons (Fsp3) is 0.615. The van der Waals surface area contributed by atoms with Crippen LogP contribution in [-0.2, 0) is 11.2 Å². The van der Waals surface area contributed by atoms with Crippen molar-refractivity contribution >= 4 is 33.0 Å². The number of carbonyl (C=O) groups excluding carboxylic acids is 1. The third-order valence-corrected chi connectivity index (χ3v) is 4.89. The van der Waals surface area contributed by atoms with E-state index in [2.05, 4.69) is 34.7 Å². The van der Waals surface area contributed by atoms with E-state index in [4.69, 9.17) is 0 Å². The summed E-state index contributed by atoms with van der Waals surface area (Å²) in [7, 11) is 0. The normalized spacial score (nSPS) is 12.1.